The molecule has 0 saturated carbocycles. The number of benzene rings is 2. The molecule has 0 unspecified atom stereocenters. The van der Waals surface area contributed by atoms with Crippen LogP contribution < -0.4 is 0 Å². The number of carbonyl (C=O) groups excluding carboxylic acids is 2. The normalized spacial score (nSPS) is 9.76. The van der Waals surface area contributed by atoms with Crippen molar-refractivity contribution in [1.82, 2.24) is 0 Å². The van der Waals surface area contributed by atoms with Gasteiger partial charge < -0.3 is 9.47 Å². The molecule has 0 heterocycles. The van der Waals surface area contributed by atoms with Crippen molar-refractivity contribution in [3.05, 3.63) is 71.8 Å². The van der Waals surface area contributed by atoms with Crippen LogP contribution in [0.5, 0.6) is 0 Å². The van der Waals surface area contributed by atoms with E-state index in [1.165, 1.54) is 0 Å². The van der Waals surface area contributed by atoms with Crippen molar-refractivity contribution in [2.75, 3.05) is 0 Å². The first-order valence-corrected chi connectivity index (χ1v) is 8.13. The minimum atomic E-state index is -0.239. The first-order valence-electron chi connectivity index (χ1n) is 8.13. The van der Waals surface area contributed by atoms with Gasteiger partial charge in [-0.05, 0) is 24.0 Å². The van der Waals surface area contributed by atoms with E-state index in [1.807, 2.05) is 60.7 Å². The second-order valence-corrected chi connectivity index (χ2v) is 5.50. The van der Waals surface area contributed by atoms with Crippen LogP contribution in [0, 0.1) is 0 Å². The summed E-state index contributed by atoms with van der Waals surface area (Å²) in [6.45, 7) is 0.581. The predicted octanol–water partition coefficient (Wildman–Crippen LogP) is 3.12. The molecule has 0 atom stereocenters. The van der Waals surface area contributed by atoms with Crippen molar-refractivity contribution >= 4 is 35.8 Å². The number of rotatable bonds is 9. The van der Waals surface area contributed by atoms with E-state index in [9.17, 15) is 9.59 Å². The fraction of sp³-hybridized carbons (Fsp3) is 0.300. The molecule has 25 heavy (non-hydrogen) atoms. The number of ether oxygens (including phenoxy) is 2. The van der Waals surface area contributed by atoms with Crippen molar-refractivity contribution in [2.24, 2.45) is 0 Å². The minimum absolute atomic E-state index is 0. The molecule has 2 aromatic carbocycles. The SMILES string of the molecule is O=C(CCCCC(=O)OCc1ccccc1)OCc1ccccc1.[SnH2]. The third-order valence-electron chi connectivity index (χ3n) is 3.50. The molecule has 132 valence electrons. The Bertz CT molecular complexity index is 571. The number of hydrogen-bond acceptors (Lipinski definition) is 4. The van der Waals surface area contributed by atoms with Crippen LogP contribution in [-0.2, 0) is 32.3 Å². The van der Waals surface area contributed by atoms with Gasteiger partial charge in [-0.15, -0.1) is 0 Å². The van der Waals surface area contributed by atoms with Gasteiger partial charge >= 0.3 is 35.8 Å². The first kappa shape index (κ1) is 21.2. The molecule has 0 N–H and O–H groups in total. The number of carbonyl (C=O) groups is 2. The Kier molecular flexibility index (Phi) is 10.6. The second-order valence-electron chi connectivity index (χ2n) is 5.50. The van der Waals surface area contributed by atoms with E-state index in [2.05, 4.69) is 0 Å². The molecule has 5 heteroatoms. The molecule has 0 aromatic heterocycles. The number of hydrogen-bond donors (Lipinski definition) is 0. The quantitative estimate of drug-likeness (QED) is 0.337. The summed E-state index contributed by atoms with van der Waals surface area (Å²) in [6.07, 6.45) is 1.87. The van der Waals surface area contributed by atoms with Crippen LogP contribution >= 0.6 is 0 Å². The van der Waals surface area contributed by atoms with Gasteiger partial charge in [-0.3, -0.25) is 9.59 Å². The second kappa shape index (κ2) is 12.5. The molecular formula is C20H24O4Sn. The Morgan fingerprint density at radius 2 is 1.00 bits per heavy atom. The summed E-state index contributed by atoms with van der Waals surface area (Å²) < 4.78 is 10.4. The van der Waals surface area contributed by atoms with E-state index in [0.29, 0.717) is 38.9 Å². The van der Waals surface area contributed by atoms with Gasteiger partial charge in [0.1, 0.15) is 13.2 Å². The zero-order valence-corrected chi connectivity index (χ0v) is 18.4. The van der Waals surface area contributed by atoms with Gasteiger partial charge in [0.15, 0.2) is 0 Å². The van der Waals surface area contributed by atoms with Crippen molar-refractivity contribution in [3.8, 4) is 0 Å². The van der Waals surface area contributed by atoms with Gasteiger partial charge in [-0.1, -0.05) is 60.7 Å². The van der Waals surface area contributed by atoms with E-state index < -0.39 is 0 Å². The zero-order valence-electron chi connectivity index (χ0n) is 14.4. The Labute approximate surface area is 165 Å². The molecule has 0 fully saturated rings. The van der Waals surface area contributed by atoms with Crippen molar-refractivity contribution in [2.45, 2.75) is 38.9 Å². The first-order chi connectivity index (χ1) is 11.7. The average Bonchev–Trinajstić information content (AvgIpc) is 2.63. The monoisotopic (exact) mass is 448 g/mol. The third-order valence-corrected chi connectivity index (χ3v) is 3.50. The van der Waals surface area contributed by atoms with E-state index in [-0.39, 0.29) is 35.8 Å². The Morgan fingerprint density at radius 3 is 1.36 bits per heavy atom. The molecular weight excluding hydrogens is 423 g/mol. The number of esters is 2. The number of unbranched alkanes of at least 4 members (excludes halogenated alkanes) is 1. The summed E-state index contributed by atoms with van der Waals surface area (Å²) in [6, 6.07) is 19.1. The van der Waals surface area contributed by atoms with Gasteiger partial charge in [0, 0.05) is 12.8 Å². The molecule has 0 bridgehead atoms. The summed E-state index contributed by atoms with van der Waals surface area (Å²) in [4.78, 5) is 23.3. The van der Waals surface area contributed by atoms with Crippen LogP contribution in [0.3, 0.4) is 0 Å². The molecule has 0 saturated heterocycles. The van der Waals surface area contributed by atoms with Gasteiger partial charge in [-0.2, -0.15) is 0 Å². The Morgan fingerprint density at radius 1 is 0.640 bits per heavy atom. The standard InChI is InChI=1S/C20H22O4.Sn.2H/c21-19(23-15-17-9-3-1-4-10-17)13-7-8-14-20(22)24-16-18-11-5-2-6-12-18;;;/h1-6,9-12H,7-8,13-16H2;;;. The maximum atomic E-state index is 11.6. The van der Waals surface area contributed by atoms with Crippen LogP contribution in [0.25, 0.3) is 0 Å². The Balaban J connectivity index is 0.00000312. The molecule has 0 spiro atoms. The van der Waals surface area contributed by atoms with Crippen LogP contribution in [0.1, 0.15) is 36.8 Å². The van der Waals surface area contributed by atoms with E-state index in [1.54, 1.807) is 0 Å². The van der Waals surface area contributed by atoms with Crippen molar-refractivity contribution < 1.29 is 19.1 Å². The van der Waals surface area contributed by atoms with Crippen molar-refractivity contribution in [3.63, 3.8) is 0 Å². The van der Waals surface area contributed by atoms with Gasteiger partial charge in [0.25, 0.3) is 0 Å². The predicted molar refractivity (Wildman–Crippen MR) is 99.5 cm³/mol. The molecule has 0 aliphatic heterocycles. The molecule has 2 radical (unpaired) electrons. The molecule has 0 amide bonds. The summed E-state index contributed by atoms with van der Waals surface area (Å²) >= 11 is 0. The summed E-state index contributed by atoms with van der Waals surface area (Å²) in [7, 11) is 0. The van der Waals surface area contributed by atoms with Crippen LogP contribution in [0.4, 0.5) is 0 Å². The van der Waals surface area contributed by atoms with Crippen LogP contribution in [-0.4, -0.2) is 35.8 Å². The topological polar surface area (TPSA) is 52.6 Å². The van der Waals surface area contributed by atoms with Crippen molar-refractivity contribution in [1.29, 1.82) is 0 Å². The van der Waals surface area contributed by atoms with E-state index in [4.69, 9.17) is 9.47 Å². The average molecular weight is 447 g/mol. The molecule has 2 aromatic rings. The van der Waals surface area contributed by atoms with Crippen LogP contribution in [0.2, 0.25) is 0 Å². The Hall–Kier alpha value is -1.82. The van der Waals surface area contributed by atoms with E-state index >= 15 is 0 Å². The summed E-state index contributed by atoms with van der Waals surface area (Å²) in [5.41, 5.74) is 1.94. The maximum absolute atomic E-state index is 11.6. The summed E-state index contributed by atoms with van der Waals surface area (Å²) in [5.74, 6) is -0.479. The molecule has 2 rings (SSSR count). The molecule has 4 nitrogen and oxygen atoms in total. The van der Waals surface area contributed by atoms with Gasteiger partial charge in [-0.25, -0.2) is 0 Å². The fourth-order valence-electron chi connectivity index (χ4n) is 2.16. The fourth-order valence-corrected chi connectivity index (χ4v) is 2.16. The van der Waals surface area contributed by atoms with Crippen LogP contribution in [0.15, 0.2) is 60.7 Å². The molecule has 0 aliphatic rings. The van der Waals surface area contributed by atoms with E-state index in [0.717, 1.165) is 11.1 Å². The third kappa shape index (κ3) is 9.29. The summed E-state index contributed by atoms with van der Waals surface area (Å²) in [5, 5.41) is 0. The zero-order chi connectivity index (χ0) is 17.0. The van der Waals surface area contributed by atoms with Gasteiger partial charge in [0.2, 0.25) is 0 Å². The molecule has 0 aliphatic carbocycles. The van der Waals surface area contributed by atoms with Gasteiger partial charge in [0.05, 0.1) is 0 Å².